The van der Waals surface area contributed by atoms with Gasteiger partial charge in [-0.25, -0.2) is 9.59 Å². The van der Waals surface area contributed by atoms with Crippen molar-refractivity contribution in [1.82, 2.24) is 15.5 Å². The standard InChI is InChI=1S/C41H32ClN3O12S2/c1-55-32-13-29-18(9-28(32)42)8-19(41(54)57-29)14-43-15-33(48)44-35-37(49)45-36(40(52)53)20(17-59-38(35)45)16-58-23-4-7-24(27(12-23)39(50)51)34-25-5-2-21(46)10-30(25)56-31-11-22(47)3-6-26(31)34/h2-13,28,32,35,38,43,46H,14-17H2,1H3,(H,44,48)(H,50,51)(H,52,53)/p-2. The molecule has 3 aliphatic heterocycles. The Morgan fingerprint density at radius 1 is 1.03 bits per heavy atom. The third kappa shape index (κ3) is 7.63. The minimum atomic E-state index is -1.57. The van der Waals surface area contributed by atoms with Gasteiger partial charge < -0.3 is 44.3 Å². The first-order chi connectivity index (χ1) is 28.3. The van der Waals surface area contributed by atoms with Gasteiger partial charge in [0.05, 0.1) is 40.8 Å². The second-order valence-electron chi connectivity index (χ2n) is 13.7. The van der Waals surface area contributed by atoms with Crippen LogP contribution in [-0.2, 0) is 25.7 Å². The van der Waals surface area contributed by atoms with E-state index < -0.39 is 52.3 Å². The van der Waals surface area contributed by atoms with Gasteiger partial charge >= 0.3 is 11.6 Å². The highest BCUT2D eigenvalue weighted by Gasteiger charge is 2.52. The van der Waals surface area contributed by atoms with Gasteiger partial charge in [0, 0.05) is 57.9 Å². The third-order valence-corrected chi connectivity index (χ3v) is 12.8. The number of alkyl halides is 1. The van der Waals surface area contributed by atoms with Gasteiger partial charge in [-0.15, -0.1) is 40.9 Å². The third-order valence-electron chi connectivity index (χ3n) is 10.0. The molecule has 2 aliphatic carbocycles. The van der Waals surface area contributed by atoms with Crippen molar-refractivity contribution in [2.75, 3.05) is 25.2 Å². The molecule has 0 spiro atoms. The number of carbonyl (C=O) groups is 4. The van der Waals surface area contributed by atoms with E-state index in [9.17, 15) is 44.1 Å². The lowest BCUT2D eigenvalue weighted by molar-refractivity contribution is -0.301. The van der Waals surface area contributed by atoms with Crippen LogP contribution in [0.1, 0.15) is 15.9 Å². The smallest absolute Gasteiger partial charge is 0.340 e. The summed E-state index contributed by atoms with van der Waals surface area (Å²) in [7, 11) is 1.49. The number of carboxylic acids is 2. The summed E-state index contributed by atoms with van der Waals surface area (Å²) in [4.78, 5) is 77.5. The zero-order chi connectivity index (χ0) is 41.7. The maximum Gasteiger partial charge on any atom is 0.340 e. The molecule has 1 aromatic heterocycles. The lowest BCUT2D eigenvalue weighted by atomic mass is 9.91. The van der Waals surface area contributed by atoms with Crippen LogP contribution in [-0.4, -0.2) is 81.8 Å². The topological polar surface area (TPSA) is 232 Å². The minimum absolute atomic E-state index is 0.0152. The average molecular weight is 856 g/mol. The number of rotatable bonds is 12. The van der Waals surface area contributed by atoms with Gasteiger partial charge in [0.1, 0.15) is 28.2 Å². The number of nitrogens with one attached hydrogen (secondary N) is 2. The van der Waals surface area contributed by atoms with Crippen LogP contribution in [0.5, 0.6) is 5.75 Å². The molecule has 59 heavy (non-hydrogen) atoms. The van der Waals surface area contributed by atoms with Crippen LogP contribution >= 0.6 is 35.1 Å². The van der Waals surface area contributed by atoms with Crippen molar-refractivity contribution in [3.8, 4) is 28.2 Å². The van der Waals surface area contributed by atoms with Crippen molar-refractivity contribution < 1.29 is 48.1 Å². The Morgan fingerprint density at radius 2 is 1.83 bits per heavy atom. The van der Waals surface area contributed by atoms with E-state index in [1.165, 1.54) is 61.3 Å². The van der Waals surface area contributed by atoms with Gasteiger partial charge in [-0.05, 0) is 53.6 Å². The number of aromatic carboxylic acids is 1. The van der Waals surface area contributed by atoms with Crippen LogP contribution in [0, 0.1) is 0 Å². The molecule has 4 unspecified atom stereocenters. The maximum absolute atomic E-state index is 13.3. The fraction of sp³-hybridized carbons (Fsp3) is 0.220. The number of β-lactam (4-membered cyclic amide) rings is 1. The van der Waals surface area contributed by atoms with E-state index in [0.717, 1.165) is 16.7 Å². The molecular weight excluding hydrogens is 826 g/mol. The Kier molecular flexibility index (Phi) is 10.9. The first-order valence-electron chi connectivity index (χ1n) is 17.9. The van der Waals surface area contributed by atoms with Crippen molar-refractivity contribution in [3.05, 3.63) is 114 Å². The summed E-state index contributed by atoms with van der Waals surface area (Å²) < 4.78 is 16.5. The molecule has 2 amide bonds. The van der Waals surface area contributed by atoms with Crippen LogP contribution in [0.15, 0.2) is 95.3 Å². The average Bonchev–Trinajstić information content (AvgIpc) is 3.20. The molecule has 4 atom stereocenters. The number of aliphatic carboxylic acids is 1. The predicted octanol–water partition coefficient (Wildman–Crippen LogP) is 0.773. The summed E-state index contributed by atoms with van der Waals surface area (Å²) in [6.45, 7) is -0.271. The number of hydrogen-bond acceptors (Lipinski definition) is 14. The second kappa shape index (κ2) is 16.1. The largest absolute Gasteiger partial charge is 0.872 e. The molecule has 1 fully saturated rings. The van der Waals surface area contributed by atoms with E-state index in [0.29, 0.717) is 43.2 Å². The Labute approximate surface area is 346 Å². The minimum Gasteiger partial charge on any atom is -0.872 e. The van der Waals surface area contributed by atoms with Crippen molar-refractivity contribution in [3.63, 3.8) is 0 Å². The van der Waals surface area contributed by atoms with Crippen LogP contribution in [0.3, 0.4) is 0 Å². The molecule has 0 bridgehead atoms. The van der Waals surface area contributed by atoms with E-state index in [4.69, 9.17) is 25.2 Å². The summed E-state index contributed by atoms with van der Waals surface area (Å²) in [6, 6.07) is 13.6. The zero-order valence-electron chi connectivity index (χ0n) is 30.6. The van der Waals surface area contributed by atoms with Crippen molar-refractivity contribution >= 4 is 82.0 Å². The predicted molar refractivity (Wildman–Crippen MR) is 214 cm³/mol. The van der Waals surface area contributed by atoms with Gasteiger partial charge in [-0.2, -0.15) is 0 Å². The van der Waals surface area contributed by atoms with E-state index in [1.807, 2.05) is 0 Å². The Bertz CT molecular complexity index is 2860. The normalized spacial score (nSPS) is 19.7. The summed E-state index contributed by atoms with van der Waals surface area (Å²) in [5, 5.41) is 40.3. The Balaban J connectivity index is 0.950. The summed E-state index contributed by atoms with van der Waals surface area (Å²) in [6.07, 6.45) is 2.87. The lowest BCUT2D eigenvalue weighted by Gasteiger charge is -2.50. The SMILES string of the molecule is COC1C=c2oc(=O)c(CNCC(=O)NC3C(=O)N4C(C(=O)[O-])=C(CSc5ccc(-c6c7ccc(=O)cc-7oc7cc([O-])ccc67)c(C(=O)O)c5)CSC34)cc2=CC1Cl. The van der Waals surface area contributed by atoms with E-state index in [-0.39, 0.29) is 63.9 Å². The Hall–Kier alpha value is -5.85. The molecule has 1 saturated heterocycles. The van der Waals surface area contributed by atoms with Crippen molar-refractivity contribution in [2.24, 2.45) is 0 Å². The van der Waals surface area contributed by atoms with Gasteiger partial charge in [-0.1, -0.05) is 24.3 Å². The first kappa shape index (κ1) is 40.0. The van der Waals surface area contributed by atoms with Gasteiger partial charge in [0.15, 0.2) is 5.43 Å². The number of thioether (sulfide) groups is 2. The van der Waals surface area contributed by atoms with Gasteiger partial charge in [0.25, 0.3) is 5.91 Å². The maximum atomic E-state index is 13.3. The van der Waals surface area contributed by atoms with Crippen molar-refractivity contribution in [2.45, 2.75) is 34.3 Å². The zero-order valence-corrected chi connectivity index (χ0v) is 33.0. The number of carboxylic acid groups (broad SMARTS) is 2. The summed E-state index contributed by atoms with van der Waals surface area (Å²) in [5.74, 6) is -3.90. The van der Waals surface area contributed by atoms with Crippen LogP contribution in [0.4, 0.5) is 0 Å². The van der Waals surface area contributed by atoms with E-state index in [1.54, 1.807) is 30.4 Å². The first-order valence-corrected chi connectivity index (χ1v) is 20.4. The number of benzene rings is 3. The molecule has 4 heterocycles. The monoisotopic (exact) mass is 855 g/mol. The summed E-state index contributed by atoms with van der Waals surface area (Å²) in [5.41, 5.74) is 1.03. The number of nitrogens with zero attached hydrogens (tertiary/aromatic N) is 1. The fourth-order valence-corrected chi connectivity index (χ4v) is 10.0. The van der Waals surface area contributed by atoms with E-state index in [2.05, 4.69) is 10.6 Å². The molecule has 18 heteroatoms. The highest BCUT2D eigenvalue weighted by Crippen LogP contribution is 2.44. The van der Waals surface area contributed by atoms with Gasteiger partial charge in [0.2, 0.25) is 5.91 Å². The Morgan fingerprint density at radius 3 is 2.59 bits per heavy atom. The number of carbonyl (C=O) groups excluding carboxylic acids is 3. The van der Waals surface area contributed by atoms with Crippen LogP contribution in [0.2, 0.25) is 0 Å². The highest BCUT2D eigenvalue weighted by atomic mass is 35.5. The molecule has 0 saturated carbocycles. The molecular formula is C41H30ClN3O12S2-2. The number of fused-ring (bicyclic) bond motifs is 4. The quantitative estimate of drug-likeness (QED) is 0.0681. The second-order valence-corrected chi connectivity index (χ2v) is 16.4. The van der Waals surface area contributed by atoms with Gasteiger partial charge in [-0.3, -0.25) is 19.3 Å². The molecule has 0 radical (unpaired) electrons. The van der Waals surface area contributed by atoms with Crippen LogP contribution in [0.25, 0.3) is 45.6 Å². The molecule has 8 rings (SSSR count). The summed E-state index contributed by atoms with van der Waals surface area (Å²) >= 11 is 8.74. The van der Waals surface area contributed by atoms with Crippen LogP contribution < -0.4 is 42.5 Å². The molecule has 3 aromatic rings. The van der Waals surface area contributed by atoms with Crippen molar-refractivity contribution in [1.29, 1.82) is 0 Å². The fourth-order valence-electron chi connectivity index (χ4n) is 7.27. The molecule has 3 N–H and O–H groups in total. The molecule has 5 aliphatic rings. The molecule has 15 nitrogen and oxygen atoms in total. The number of methoxy groups -OCH3 is 1. The number of amides is 2. The molecule has 2 aromatic carbocycles. The lowest BCUT2D eigenvalue weighted by Crippen LogP contribution is -2.71. The number of halogens is 1. The molecule has 302 valence electrons. The highest BCUT2D eigenvalue weighted by molar-refractivity contribution is 8.01. The number of hydrogen-bond donors (Lipinski definition) is 3. The van der Waals surface area contributed by atoms with E-state index >= 15 is 0 Å². The number of ether oxygens (including phenoxy) is 1.